The second-order valence-electron chi connectivity index (χ2n) is 4.30. The lowest BCUT2D eigenvalue weighted by Crippen LogP contribution is -2.00. The molecule has 21 heavy (non-hydrogen) atoms. The Hall–Kier alpha value is -2.71. The molecule has 0 unspecified atom stereocenters. The highest BCUT2D eigenvalue weighted by Gasteiger charge is 2.16. The first kappa shape index (κ1) is 13.3. The fourth-order valence-corrected chi connectivity index (χ4v) is 2.14. The van der Waals surface area contributed by atoms with E-state index < -0.39 is 0 Å². The van der Waals surface area contributed by atoms with Gasteiger partial charge in [-0.05, 0) is 30.3 Å². The Bertz CT molecular complexity index is 834. The summed E-state index contributed by atoms with van der Waals surface area (Å²) < 4.78 is 14.8. The molecular formula is C15H8ClFN4. The fraction of sp³-hybridized carbons (Fsp3) is 0. The number of aromatic nitrogens is 3. The Morgan fingerprint density at radius 1 is 1.14 bits per heavy atom. The quantitative estimate of drug-likeness (QED) is 0.726. The zero-order valence-corrected chi connectivity index (χ0v) is 11.4. The maximum absolute atomic E-state index is 13.4. The lowest BCUT2D eigenvalue weighted by atomic mass is 10.1. The van der Waals surface area contributed by atoms with Crippen molar-refractivity contribution in [2.24, 2.45) is 0 Å². The zero-order chi connectivity index (χ0) is 14.8. The number of benzene rings is 2. The van der Waals surface area contributed by atoms with Crippen LogP contribution in [0, 0.1) is 17.1 Å². The molecule has 3 rings (SSSR count). The first-order valence-electron chi connectivity index (χ1n) is 6.07. The first-order chi connectivity index (χ1) is 10.2. The Morgan fingerprint density at radius 2 is 1.90 bits per heavy atom. The van der Waals surface area contributed by atoms with Crippen LogP contribution in [0.4, 0.5) is 4.39 Å². The van der Waals surface area contributed by atoms with Crippen LogP contribution < -0.4 is 0 Å². The lowest BCUT2D eigenvalue weighted by Gasteiger charge is -2.07. The fourth-order valence-electron chi connectivity index (χ4n) is 2.01. The summed E-state index contributed by atoms with van der Waals surface area (Å²) in [5.74, 6) is -0.386. The normalized spacial score (nSPS) is 10.3. The van der Waals surface area contributed by atoms with Crippen molar-refractivity contribution in [2.75, 3.05) is 0 Å². The number of nitrogens with zero attached hydrogens (tertiary/aromatic N) is 4. The van der Waals surface area contributed by atoms with E-state index in [-0.39, 0.29) is 11.5 Å². The van der Waals surface area contributed by atoms with Crippen LogP contribution in [-0.4, -0.2) is 15.0 Å². The number of hydrogen-bond acceptors (Lipinski definition) is 3. The molecule has 2 aromatic carbocycles. The van der Waals surface area contributed by atoms with Gasteiger partial charge in [0.1, 0.15) is 17.6 Å². The van der Waals surface area contributed by atoms with E-state index in [2.05, 4.69) is 10.3 Å². The average Bonchev–Trinajstić information content (AvgIpc) is 2.92. The van der Waals surface area contributed by atoms with Crippen molar-refractivity contribution in [3.63, 3.8) is 0 Å². The van der Waals surface area contributed by atoms with E-state index in [4.69, 9.17) is 11.6 Å². The summed E-state index contributed by atoms with van der Waals surface area (Å²) in [7, 11) is 0. The second-order valence-corrected chi connectivity index (χ2v) is 4.73. The van der Waals surface area contributed by atoms with E-state index in [1.807, 2.05) is 6.07 Å². The Balaban J connectivity index is 2.22. The van der Waals surface area contributed by atoms with Gasteiger partial charge in [0, 0.05) is 10.6 Å². The number of hydrogen-bond donors (Lipinski definition) is 0. The second kappa shape index (κ2) is 5.35. The molecule has 0 saturated carbocycles. The molecule has 0 aliphatic carbocycles. The number of rotatable bonds is 2. The van der Waals surface area contributed by atoms with E-state index in [0.29, 0.717) is 16.4 Å². The van der Waals surface area contributed by atoms with E-state index in [1.165, 1.54) is 16.8 Å². The molecule has 0 aliphatic rings. The van der Waals surface area contributed by atoms with Gasteiger partial charge in [-0.2, -0.15) is 5.26 Å². The lowest BCUT2D eigenvalue weighted by molar-refractivity contribution is 0.625. The minimum Gasteiger partial charge on any atom is -0.211 e. The molecule has 0 radical (unpaired) electrons. The largest absolute Gasteiger partial charge is 0.211 e. The third-order valence-corrected chi connectivity index (χ3v) is 3.20. The summed E-state index contributed by atoms with van der Waals surface area (Å²) >= 11 is 5.87. The van der Waals surface area contributed by atoms with Crippen LogP contribution in [0.15, 0.2) is 48.5 Å². The summed E-state index contributed by atoms with van der Waals surface area (Å²) in [4.78, 5) is 0. The monoisotopic (exact) mass is 298 g/mol. The summed E-state index contributed by atoms with van der Waals surface area (Å²) in [6, 6.07) is 14.9. The minimum atomic E-state index is -0.386. The highest BCUT2D eigenvalue weighted by atomic mass is 35.5. The van der Waals surface area contributed by atoms with Gasteiger partial charge in [0.25, 0.3) is 0 Å². The van der Waals surface area contributed by atoms with E-state index in [1.54, 1.807) is 36.4 Å². The van der Waals surface area contributed by atoms with Crippen molar-refractivity contribution >= 4 is 11.6 Å². The van der Waals surface area contributed by atoms with E-state index in [0.717, 1.165) is 5.56 Å². The zero-order valence-electron chi connectivity index (χ0n) is 10.7. The molecule has 0 aliphatic heterocycles. The molecule has 0 atom stereocenters. The summed E-state index contributed by atoms with van der Waals surface area (Å²) in [6.07, 6.45) is 0. The van der Waals surface area contributed by atoms with Crippen molar-refractivity contribution in [1.82, 2.24) is 15.0 Å². The molecule has 0 saturated heterocycles. The van der Waals surface area contributed by atoms with E-state index >= 15 is 0 Å². The molecule has 0 fully saturated rings. The van der Waals surface area contributed by atoms with Crippen molar-refractivity contribution in [1.29, 1.82) is 5.26 Å². The molecule has 0 bridgehead atoms. The van der Waals surface area contributed by atoms with Crippen molar-refractivity contribution in [2.45, 2.75) is 0 Å². The standard InChI is InChI=1S/C15H8ClFN4/c16-11-6-4-10(5-7-11)15-14(9-18)19-20-21(15)13-3-1-2-12(17)8-13/h1-8H. The molecule has 0 N–H and O–H groups in total. The van der Waals surface area contributed by atoms with Gasteiger partial charge < -0.3 is 0 Å². The van der Waals surface area contributed by atoms with Gasteiger partial charge in [0.2, 0.25) is 0 Å². The smallest absolute Gasteiger partial charge is 0.191 e. The van der Waals surface area contributed by atoms with E-state index in [9.17, 15) is 9.65 Å². The summed E-state index contributed by atoms with van der Waals surface area (Å²) in [5.41, 5.74) is 1.89. The molecular weight excluding hydrogens is 291 g/mol. The molecule has 102 valence electrons. The van der Waals surface area contributed by atoms with Crippen molar-refractivity contribution in [3.05, 3.63) is 65.1 Å². The summed E-state index contributed by atoms with van der Waals surface area (Å²) in [5, 5.41) is 17.5. The maximum atomic E-state index is 13.4. The predicted molar refractivity (Wildman–Crippen MR) is 76.5 cm³/mol. The number of halogens is 2. The maximum Gasteiger partial charge on any atom is 0.191 e. The molecule has 1 aromatic heterocycles. The Kier molecular flexibility index (Phi) is 3.38. The summed E-state index contributed by atoms with van der Waals surface area (Å²) in [6.45, 7) is 0. The molecule has 0 spiro atoms. The third-order valence-electron chi connectivity index (χ3n) is 2.95. The highest BCUT2D eigenvalue weighted by molar-refractivity contribution is 6.30. The Morgan fingerprint density at radius 3 is 2.57 bits per heavy atom. The van der Waals surface area contributed by atoms with Crippen molar-refractivity contribution < 1.29 is 4.39 Å². The van der Waals surface area contributed by atoms with Crippen LogP contribution in [0.5, 0.6) is 0 Å². The van der Waals surface area contributed by atoms with Crippen LogP contribution in [0.3, 0.4) is 0 Å². The Labute approximate surface area is 125 Å². The van der Waals surface area contributed by atoms with Crippen molar-refractivity contribution in [3.8, 4) is 23.0 Å². The average molecular weight is 299 g/mol. The van der Waals surface area contributed by atoms with Crippen LogP contribution in [0.2, 0.25) is 5.02 Å². The third kappa shape index (κ3) is 2.49. The van der Waals surface area contributed by atoms with Gasteiger partial charge in [0.15, 0.2) is 5.69 Å². The van der Waals surface area contributed by atoms with Gasteiger partial charge in [-0.25, -0.2) is 9.07 Å². The van der Waals surface area contributed by atoms with Gasteiger partial charge in [-0.15, -0.1) is 5.10 Å². The van der Waals surface area contributed by atoms with Crippen LogP contribution in [0.25, 0.3) is 16.9 Å². The predicted octanol–water partition coefficient (Wildman–Crippen LogP) is 3.60. The van der Waals surface area contributed by atoms with Crippen LogP contribution in [0.1, 0.15) is 5.69 Å². The topological polar surface area (TPSA) is 54.5 Å². The molecule has 4 nitrogen and oxygen atoms in total. The molecule has 0 amide bonds. The molecule has 1 heterocycles. The highest BCUT2D eigenvalue weighted by Crippen LogP contribution is 2.26. The SMILES string of the molecule is N#Cc1nnn(-c2cccc(F)c2)c1-c1ccc(Cl)cc1. The van der Waals surface area contributed by atoms with Crippen LogP contribution in [-0.2, 0) is 0 Å². The number of nitriles is 1. The molecule has 6 heteroatoms. The van der Waals surface area contributed by atoms with Crippen LogP contribution >= 0.6 is 11.6 Å². The van der Waals surface area contributed by atoms with Gasteiger partial charge >= 0.3 is 0 Å². The minimum absolute atomic E-state index is 0.168. The first-order valence-corrected chi connectivity index (χ1v) is 6.44. The van der Waals surface area contributed by atoms with Gasteiger partial charge in [0.05, 0.1) is 5.69 Å². The molecule has 3 aromatic rings. The van der Waals surface area contributed by atoms with Gasteiger partial charge in [-0.1, -0.05) is 35.0 Å². The van der Waals surface area contributed by atoms with Gasteiger partial charge in [-0.3, -0.25) is 0 Å².